The summed E-state index contributed by atoms with van der Waals surface area (Å²) < 4.78 is 21.9. The van der Waals surface area contributed by atoms with E-state index in [1.807, 2.05) is 0 Å². The summed E-state index contributed by atoms with van der Waals surface area (Å²) >= 11 is 5.88. The van der Waals surface area contributed by atoms with Crippen molar-refractivity contribution < 1.29 is 13.5 Å². The van der Waals surface area contributed by atoms with Crippen LogP contribution in [0.4, 0.5) is 0 Å². The average Bonchev–Trinajstić information content (AvgIpc) is 2.07. The molecule has 0 spiro atoms. The highest BCUT2D eigenvalue weighted by molar-refractivity contribution is 8.13. The van der Waals surface area contributed by atoms with Gasteiger partial charge in [0.25, 0.3) is 0 Å². The van der Waals surface area contributed by atoms with Crippen LogP contribution in [-0.2, 0) is 14.8 Å². The fourth-order valence-corrected chi connectivity index (χ4v) is 2.81. The zero-order valence-electron chi connectivity index (χ0n) is 8.21. The lowest BCUT2D eigenvalue weighted by atomic mass is 10.1. The van der Waals surface area contributed by atoms with Crippen LogP contribution in [0.1, 0.15) is 16.7 Å². The van der Waals surface area contributed by atoms with Crippen molar-refractivity contribution >= 4 is 31.3 Å². The van der Waals surface area contributed by atoms with Crippen LogP contribution in [0.3, 0.4) is 0 Å². The van der Waals surface area contributed by atoms with Gasteiger partial charge in [-0.2, -0.15) is 0 Å². The van der Waals surface area contributed by atoms with Crippen molar-refractivity contribution in [3.8, 4) is 5.75 Å². The number of benzene rings is 1. The second kappa shape index (κ2) is 4.20. The minimum atomic E-state index is -3.68. The Labute approximate surface area is 98.1 Å². The van der Waals surface area contributed by atoms with Gasteiger partial charge in [0.05, 0.1) is 5.75 Å². The third kappa shape index (κ3) is 3.00. The van der Waals surface area contributed by atoms with Crippen molar-refractivity contribution in [3.63, 3.8) is 0 Å². The van der Waals surface area contributed by atoms with Crippen LogP contribution in [0.15, 0.2) is 6.07 Å². The predicted octanol–water partition coefficient (Wildman–Crippen LogP) is 2.73. The van der Waals surface area contributed by atoms with E-state index in [0.29, 0.717) is 21.7 Å². The second-order valence-electron chi connectivity index (χ2n) is 3.31. The van der Waals surface area contributed by atoms with E-state index in [1.54, 1.807) is 13.8 Å². The minimum absolute atomic E-state index is 0.0507. The van der Waals surface area contributed by atoms with Gasteiger partial charge < -0.3 is 5.11 Å². The van der Waals surface area contributed by atoms with Gasteiger partial charge in [-0.15, -0.1) is 0 Å². The first-order valence-electron chi connectivity index (χ1n) is 4.12. The standard InChI is InChI=1S/C9H10Cl2O3S/c1-5-3-8(10)7(4-15(11,13)14)6(2)9(5)12/h3,12H,4H2,1-2H3. The topological polar surface area (TPSA) is 54.4 Å². The Bertz CT molecular complexity index is 495. The first-order valence-corrected chi connectivity index (χ1v) is 6.98. The number of aromatic hydroxyl groups is 1. The van der Waals surface area contributed by atoms with E-state index in [0.717, 1.165) is 0 Å². The maximum Gasteiger partial charge on any atom is 0.236 e. The summed E-state index contributed by atoms with van der Waals surface area (Å²) in [5, 5.41) is 9.91. The van der Waals surface area contributed by atoms with E-state index in [1.165, 1.54) is 6.07 Å². The fraction of sp³-hybridized carbons (Fsp3) is 0.333. The molecule has 0 amide bonds. The third-order valence-electron chi connectivity index (χ3n) is 2.13. The van der Waals surface area contributed by atoms with Gasteiger partial charge in [-0.1, -0.05) is 11.6 Å². The molecule has 15 heavy (non-hydrogen) atoms. The highest BCUT2D eigenvalue weighted by Gasteiger charge is 2.16. The van der Waals surface area contributed by atoms with Crippen LogP contribution in [0.25, 0.3) is 0 Å². The van der Waals surface area contributed by atoms with Crippen molar-refractivity contribution in [1.29, 1.82) is 0 Å². The van der Waals surface area contributed by atoms with Gasteiger partial charge in [-0.05, 0) is 36.6 Å². The van der Waals surface area contributed by atoms with Crippen molar-refractivity contribution in [2.75, 3.05) is 0 Å². The summed E-state index contributed by atoms with van der Waals surface area (Å²) in [5.41, 5.74) is 1.40. The third-order valence-corrected chi connectivity index (χ3v) is 3.43. The smallest absolute Gasteiger partial charge is 0.236 e. The maximum atomic E-state index is 10.9. The molecule has 1 rings (SSSR count). The molecule has 1 aromatic rings. The molecular formula is C9H10Cl2O3S. The lowest BCUT2D eigenvalue weighted by molar-refractivity contribution is 0.466. The zero-order chi connectivity index (χ0) is 11.8. The quantitative estimate of drug-likeness (QED) is 0.840. The molecule has 6 heteroatoms. The van der Waals surface area contributed by atoms with Crippen molar-refractivity contribution in [2.24, 2.45) is 0 Å². The van der Waals surface area contributed by atoms with Crippen LogP contribution in [0.5, 0.6) is 5.75 Å². The van der Waals surface area contributed by atoms with E-state index in [4.69, 9.17) is 22.3 Å². The molecule has 0 aliphatic rings. The van der Waals surface area contributed by atoms with Crippen molar-refractivity contribution in [2.45, 2.75) is 19.6 Å². The van der Waals surface area contributed by atoms with E-state index in [2.05, 4.69) is 0 Å². The van der Waals surface area contributed by atoms with Gasteiger partial charge in [0, 0.05) is 15.7 Å². The van der Waals surface area contributed by atoms with Gasteiger partial charge in [0.2, 0.25) is 9.05 Å². The number of hydrogen-bond acceptors (Lipinski definition) is 3. The van der Waals surface area contributed by atoms with Gasteiger partial charge >= 0.3 is 0 Å². The summed E-state index contributed by atoms with van der Waals surface area (Å²) in [7, 11) is 1.46. The fourth-order valence-electron chi connectivity index (χ4n) is 1.31. The Morgan fingerprint density at radius 2 is 1.93 bits per heavy atom. The Morgan fingerprint density at radius 1 is 1.40 bits per heavy atom. The van der Waals surface area contributed by atoms with Gasteiger partial charge in [-0.3, -0.25) is 0 Å². The van der Waals surface area contributed by atoms with Crippen LogP contribution >= 0.6 is 22.3 Å². The molecule has 0 unspecified atom stereocenters. The van der Waals surface area contributed by atoms with Gasteiger partial charge in [-0.25, -0.2) is 8.42 Å². The molecule has 1 aromatic carbocycles. The molecule has 0 fully saturated rings. The van der Waals surface area contributed by atoms with Gasteiger partial charge in [0.1, 0.15) is 5.75 Å². The molecular weight excluding hydrogens is 259 g/mol. The molecule has 0 heterocycles. The van der Waals surface area contributed by atoms with Crippen LogP contribution in [-0.4, -0.2) is 13.5 Å². The summed E-state index contributed by atoms with van der Waals surface area (Å²) in [5.74, 6) is -0.331. The molecule has 0 saturated heterocycles. The van der Waals surface area contributed by atoms with E-state index in [-0.39, 0.29) is 11.5 Å². The Hall–Kier alpha value is -0.450. The summed E-state index contributed by atoms with van der Waals surface area (Å²) in [6, 6.07) is 1.52. The Morgan fingerprint density at radius 3 is 2.40 bits per heavy atom. The monoisotopic (exact) mass is 268 g/mol. The van der Waals surface area contributed by atoms with E-state index < -0.39 is 9.05 Å². The Balaban J connectivity index is 3.37. The number of rotatable bonds is 2. The number of hydrogen-bond donors (Lipinski definition) is 1. The Kier molecular flexibility index (Phi) is 3.53. The molecule has 0 aromatic heterocycles. The highest BCUT2D eigenvalue weighted by Crippen LogP contribution is 2.32. The zero-order valence-corrected chi connectivity index (χ0v) is 10.5. The normalized spacial score (nSPS) is 11.7. The van der Waals surface area contributed by atoms with Crippen molar-refractivity contribution in [3.05, 3.63) is 27.8 Å². The molecule has 0 radical (unpaired) electrons. The SMILES string of the molecule is Cc1cc(Cl)c(CS(=O)(=O)Cl)c(C)c1O. The maximum absolute atomic E-state index is 10.9. The number of phenolic OH excluding ortho intramolecular Hbond substituents is 1. The van der Waals surface area contributed by atoms with Gasteiger partial charge in [0.15, 0.2) is 0 Å². The predicted molar refractivity (Wildman–Crippen MR) is 61.1 cm³/mol. The summed E-state index contributed by atoms with van der Waals surface area (Å²) in [4.78, 5) is 0. The number of aryl methyl sites for hydroxylation is 1. The first-order chi connectivity index (χ1) is 6.72. The molecule has 0 saturated carbocycles. The molecule has 84 valence electrons. The average molecular weight is 269 g/mol. The summed E-state index contributed by atoms with van der Waals surface area (Å²) in [6.45, 7) is 3.29. The lowest BCUT2D eigenvalue weighted by Gasteiger charge is -2.10. The van der Waals surface area contributed by atoms with Crippen LogP contribution in [0.2, 0.25) is 5.02 Å². The first kappa shape index (κ1) is 12.6. The highest BCUT2D eigenvalue weighted by atomic mass is 35.7. The molecule has 0 bridgehead atoms. The minimum Gasteiger partial charge on any atom is -0.507 e. The van der Waals surface area contributed by atoms with Crippen molar-refractivity contribution in [1.82, 2.24) is 0 Å². The molecule has 1 N–H and O–H groups in total. The van der Waals surface area contributed by atoms with E-state index >= 15 is 0 Å². The lowest BCUT2D eigenvalue weighted by Crippen LogP contribution is -2.00. The van der Waals surface area contributed by atoms with Crippen LogP contribution in [0, 0.1) is 13.8 Å². The largest absolute Gasteiger partial charge is 0.507 e. The molecule has 3 nitrogen and oxygen atoms in total. The second-order valence-corrected chi connectivity index (χ2v) is 6.49. The molecule has 0 atom stereocenters. The van der Waals surface area contributed by atoms with E-state index in [9.17, 15) is 13.5 Å². The number of halogens is 2. The van der Waals surface area contributed by atoms with Crippen LogP contribution < -0.4 is 0 Å². The molecule has 0 aliphatic carbocycles. The number of phenols is 1. The summed E-state index contributed by atoms with van der Waals surface area (Å²) in [6.07, 6.45) is 0. The molecule has 0 aliphatic heterocycles.